The Morgan fingerprint density at radius 3 is 2.54 bits per heavy atom. The summed E-state index contributed by atoms with van der Waals surface area (Å²) in [5.74, 6) is 0.00347. The fourth-order valence-electron chi connectivity index (χ4n) is 1.57. The Bertz CT molecular complexity index is 142. The quantitative estimate of drug-likeness (QED) is 0.661. The van der Waals surface area contributed by atoms with Gasteiger partial charge in [0, 0.05) is 6.42 Å². The Morgan fingerprint density at radius 2 is 2.00 bits per heavy atom. The molecule has 78 valence electrons. The molecule has 3 heteroatoms. The highest BCUT2D eigenvalue weighted by Gasteiger charge is 2.18. The average Bonchev–Trinajstić information content (AvgIpc) is 2.53. The third kappa shape index (κ3) is 5.14. The predicted molar refractivity (Wildman–Crippen MR) is 55.1 cm³/mol. The third-order valence-electron chi connectivity index (χ3n) is 2.33. The van der Waals surface area contributed by atoms with E-state index in [1.807, 2.05) is 0 Å². The van der Waals surface area contributed by atoms with Crippen molar-refractivity contribution in [3.8, 4) is 0 Å². The van der Waals surface area contributed by atoms with E-state index in [0.29, 0.717) is 6.42 Å². The van der Waals surface area contributed by atoms with E-state index < -0.39 is 0 Å². The second kappa shape index (κ2) is 7.19. The maximum atomic E-state index is 11.1. The first-order valence-corrected chi connectivity index (χ1v) is 5.02. The summed E-state index contributed by atoms with van der Waals surface area (Å²) in [5, 5.41) is 0. The molecular weight excluding hydrogens is 188 g/mol. The minimum Gasteiger partial charge on any atom is -0.462 e. The second-order valence-corrected chi connectivity index (χ2v) is 3.50. The van der Waals surface area contributed by atoms with Gasteiger partial charge in [0.05, 0.1) is 0 Å². The smallest absolute Gasteiger partial charge is 0.306 e. The summed E-state index contributed by atoms with van der Waals surface area (Å²) >= 11 is 0. The standard InChI is InChI=1S/C10H18O2.ClH/c1-2-3-8-10(11)12-9-6-4-5-7-9;/h9H,2-8H2,1H3;1H. The maximum Gasteiger partial charge on any atom is 0.306 e. The molecule has 0 bridgehead atoms. The number of hydrogen-bond donors (Lipinski definition) is 0. The molecule has 2 nitrogen and oxygen atoms in total. The minimum absolute atomic E-state index is 0. The van der Waals surface area contributed by atoms with Gasteiger partial charge in [-0.15, -0.1) is 12.4 Å². The highest BCUT2D eigenvalue weighted by atomic mass is 35.5. The molecular formula is C10H19ClO2. The van der Waals surface area contributed by atoms with E-state index in [4.69, 9.17) is 4.74 Å². The predicted octanol–water partition coefficient (Wildman–Crippen LogP) is 3.08. The molecule has 0 aromatic rings. The van der Waals surface area contributed by atoms with Crippen LogP contribution in [0.2, 0.25) is 0 Å². The van der Waals surface area contributed by atoms with E-state index in [2.05, 4.69) is 6.92 Å². The van der Waals surface area contributed by atoms with Gasteiger partial charge in [0.1, 0.15) is 6.10 Å². The summed E-state index contributed by atoms with van der Waals surface area (Å²) in [6.45, 7) is 2.09. The molecule has 0 saturated heterocycles. The zero-order valence-corrected chi connectivity index (χ0v) is 9.07. The number of ether oxygens (including phenoxy) is 1. The van der Waals surface area contributed by atoms with Crippen LogP contribution in [-0.2, 0) is 9.53 Å². The molecule has 0 spiro atoms. The van der Waals surface area contributed by atoms with Crippen LogP contribution in [0.5, 0.6) is 0 Å². The first kappa shape index (κ1) is 12.8. The molecule has 0 heterocycles. The zero-order chi connectivity index (χ0) is 8.81. The molecule has 0 amide bonds. The molecule has 0 atom stereocenters. The summed E-state index contributed by atoms with van der Waals surface area (Å²) < 4.78 is 5.27. The van der Waals surface area contributed by atoms with Crippen LogP contribution in [0.1, 0.15) is 51.9 Å². The van der Waals surface area contributed by atoms with Gasteiger partial charge in [-0.05, 0) is 32.1 Å². The van der Waals surface area contributed by atoms with E-state index in [1.165, 1.54) is 12.8 Å². The van der Waals surface area contributed by atoms with Crippen molar-refractivity contribution in [1.29, 1.82) is 0 Å². The lowest BCUT2D eigenvalue weighted by molar-refractivity contribution is -0.148. The number of carbonyl (C=O) groups excluding carboxylic acids is 1. The van der Waals surface area contributed by atoms with Crippen LogP contribution in [-0.4, -0.2) is 12.1 Å². The third-order valence-corrected chi connectivity index (χ3v) is 2.33. The SMILES string of the molecule is CCCCC(=O)OC1CCCC1.Cl. The average molecular weight is 207 g/mol. The van der Waals surface area contributed by atoms with Gasteiger partial charge < -0.3 is 4.74 Å². The van der Waals surface area contributed by atoms with Crippen LogP contribution in [0.15, 0.2) is 0 Å². The molecule has 13 heavy (non-hydrogen) atoms. The van der Waals surface area contributed by atoms with Crippen molar-refractivity contribution in [2.24, 2.45) is 0 Å². The van der Waals surface area contributed by atoms with Gasteiger partial charge in [0.25, 0.3) is 0 Å². The van der Waals surface area contributed by atoms with E-state index in [0.717, 1.165) is 25.7 Å². The molecule has 0 aromatic heterocycles. The van der Waals surface area contributed by atoms with Crippen molar-refractivity contribution < 1.29 is 9.53 Å². The zero-order valence-electron chi connectivity index (χ0n) is 8.25. The van der Waals surface area contributed by atoms with E-state index >= 15 is 0 Å². The van der Waals surface area contributed by atoms with Crippen molar-refractivity contribution >= 4 is 18.4 Å². The Labute approximate surface area is 86.4 Å². The normalized spacial score (nSPS) is 16.7. The van der Waals surface area contributed by atoms with Crippen molar-refractivity contribution in [3.63, 3.8) is 0 Å². The molecule has 0 N–H and O–H groups in total. The van der Waals surface area contributed by atoms with Crippen LogP contribution in [0.4, 0.5) is 0 Å². The van der Waals surface area contributed by atoms with Crippen LogP contribution in [0, 0.1) is 0 Å². The fraction of sp³-hybridized carbons (Fsp3) is 0.900. The number of hydrogen-bond acceptors (Lipinski definition) is 2. The number of carbonyl (C=O) groups is 1. The lowest BCUT2D eigenvalue weighted by Gasteiger charge is -2.10. The Morgan fingerprint density at radius 1 is 1.38 bits per heavy atom. The second-order valence-electron chi connectivity index (χ2n) is 3.50. The summed E-state index contributed by atoms with van der Waals surface area (Å²) in [6.07, 6.45) is 7.50. The largest absolute Gasteiger partial charge is 0.462 e. The topological polar surface area (TPSA) is 26.3 Å². The molecule has 0 aliphatic heterocycles. The van der Waals surface area contributed by atoms with Gasteiger partial charge >= 0.3 is 5.97 Å². The van der Waals surface area contributed by atoms with Crippen LogP contribution in [0.3, 0.4) is 0 Å². The highest BCUT2D eigenvalue weighted by molar-refractivity contribution is 5.85. The molecule has 1 saturated carbocycles. The fourth-order valence-corrected chi connectivity index (χ4v) is 1.57. The summed E-state index contributed by atoms with van der Waals surface area (Å²) in [7, 11) is 0. The van der Waals surface area contributed by atoms with Crippen LogP contribution in [0.25, 0.3) is 0 Å². The van der Waals surface area contributed by atoms with E-state index in [1.54, 1.807) is 0 Å². The number of halogens is 1. The molecule has 1 aliphatic rings. The van der Waals surface area contributed by atoms with E-state index in [-0.39, 0.29) is 24.5 Å². The Kier molecular flexibility index (Phi) is 7.06. The summed E-state index contributed by atoms with van der Waals surface area (Å²) in [6, 6.07) is 0. The molecule has 1 fully saturated rings. The van der Waals surface area contributed by atoms with Gasteiger partial charge in [-0.1, -0.05) is 13.3 Å². The minimum atomic E-state index is 0. The first-order chi connectivity index (χ1) is 5.83. The Balaban J connectivity index is 0.00000144. The molecule has 0 aromatic carbocycles. The molecule has 0 radical (unpaired) electrons. The van der Waals surface area contributed by atoms with E-state index in [9.17, 15) is 4.79 Å². The van der Waals surface area contributed by atoms with Crippen molar-refractivity contribution in [2.45, 2.75) is 58.0 Å². The highest BCUT2D eigenvalue weighted by Crippen LogP contribution is 2.21. The van der Waals surface area contributed by atoms with Gasteiger partial charge in [-0.2, -0.15) is 0 Å². The molecule has 0 unspecified atom stereocenters. The van der Waals surface area contributed by atoms with Crippen molar-refractivity contribution in [2.75, 3.05) is 0 Å². The molecule has 1 aliphatic carbocycles. The summed E-state index contributed by atoms with van der Waals surface area (Å²) in [4.78, 5) is 11.1. The maximum absolute atomic E-state index is 11.1. The molecule has 1 rings (SSSR count). The van der Waals surface area contributed by atoms with Gasteiger partial charge in [-0.3, -0.25) is 4.79 Å². The first-order valence-electron chi connectivity index (χ1n) is 5.02. The Hall–Kier alpha value is -0.240. The van der Waals surface area contributed by atoms with Gasteiger partial charge in [-0.25, -0.2) is 0 Å². The van der Waals surface area contributed by atoms with Crippen LogP contribution < -0.4 is 0 Å². The van der Waals surface area contributed by atoms with Crippen LogP contribution >= 0.6 is 12.4 Å². The number of unbranched alkanes of at least 4 members (excludes halogenated alkanes) is 1. The monoisotopic (exact) mass is 206 g/mol. The van der Waals surface area contributed by atoms with Crippen molar-refractivity contribution in [3.05, 3.63) is 0 Å². The number of rotatable bonds is 4. The van der Waals surface area contributed by atoms with Crippen molar-refractivity contribution in [1.82, 2.24) is 0 Å². The van der Waals surface area contributed by atoms with Gasteiger partial charge in [0.15, 0.2) is 0 Å². The lowest BCUT2D eigenvalue weighted by Crippen LogP contribution is -2.14. The lowest BCUT2D eigenvalue weighted by atomic mass is 10.2. The summed E-state index contributed by atoms with van der Waals surface area (Å²) in [5.41, 5.74) is 0. The van der Waals surface area contributed by atoms with Gasteiger partial charge in [0.2, 0.25) is 0 Å². The number of esters is 1.